The maximum absolute atomic E-state index is 2.40. The van der Waals surface area contributed by atoms with Gasteiger partial charge in [-0.05, 0) is 43.4 Å². The normalized spacial score (nSPS) is 20.0. The molecule has 0 aliphatic carbocycles. The molecule has 0 aromatic heterocycles. The van der Waals surface area contributed by atoms with Crippen LogP contribution in [0.3, 0.4) is 0 Å². The first-order chi connectivity index (χ1) is 7.00. The first kappa shape index (κ1) is 12.6. The first-order valence-corrected chi connectivity index (χ1v) is 6.79. The molecule has 1 heteroatoms. The molecule has 0 fully saturated rings. The van der Waals surface area contributed by atoms with E-state index in [1.807, 2.05) is 11.8 Å². The van der Waals surface area contributed by atoms with Gasteiger partial charge in [-0.3, -0.25) is 0 Å². The first-order valence-electron chi connectivity index (χ1n) is 5.64. The molecule has 0 N–H and O–H groups in total. The van der Waals surface area contributed by atoms with Gasteiger partial charge in [-0.2, -0.15) is 11.8 Å². The van der Waals surface area contributed by atoms with Gasteiger partial charge in [0, 0.05) is 11.5 Å². The Morgan fingerprint density at radius 3 is 2.47 bits per heavy atom. The fourth-order valence-electron chi connectivity index (χ4n) is 1.77. The summed E-state index contributed by atoms with van der Waals surface area (Å²) in [6.45, 7) is 11.1. The van der Waals surface area contributed by atoms with E-state index in [-0.39, 0.29) is 0 Å². The van der Waals surface area contributed by atoms with Crippen LogP contribution in [0.2, 0.25) is 0 Å². The van der Waals surface area contributed by atoms with Crippen LogP contribution in [0.25, 0.3) is 0 Å². The van der Waals surface area contributed by atoms with Gasteiger partial charge in [-0.25, -0.2) is 0 Å². The van der Waals surface area contributed by atoms with Crippen LogP contribution in [-0.2, 0) is 0 Å². The van der Waals surface area contributed by atoms with Gasteiger partial charge in [0.15, 0.2) is 0 Å². The van der Waals surface area contributed by atoms with Crippen molar-refractivity contribution in [1.29, 1.82) is 0 Å². The third kappa shape index (κ3) is 3.90. The zero-order chi connectivity index (χ0) is 11.4. The molecule has 0 aromatic rings. The van der Waals surface area contributed by atoms with Crippen molar-refractivity contribution < 1.29 is 0 Å². The quantitative estimate of drug-likeness (QED) is 0.658. The highest BCUT2D eigenvalue weighted by atomic mass is 32.2. The Morgan fingerprint density at radius 1 is 1.27 bits per heavy atom. The summed E-state index contributed by atoms with van der Waals surface area (Å²) < 4.78 is 0. The molecule has 84 valence electrons. The number of rotatable bonds is 2. The fourth-order valence-corrected chi connectivity index (χ4v) is 2.92. The largest absolute Gasteiger partial charge is 0.152 e. The summed E-state index contributed by atoms with van der Waals surface area (Å²) in [7, 11) is 0. The van der Waals surface area contributed by atoms with Crippen molar-refractivity contribution in [3.8, 4) is 0 Å². The molecule has 0 atom stereocenters. The van der Waals surface area contributed by atoms with E-state index in [1.165, 1.54) is 33.8 Å². The van der Waals surface area contributed by atoms with Crippen LogP contribution >= 0.6 is 11.8 Å². The van der Waals surface area contributed by atoms with Gasteiger partial charge in [0.1, 0.15) is 0 Å². The van der Waals surface area contributed by atoms with Gasteiger partial charge >= 0.3 is 0 Å². The summed E-state index contributed by atoms with van der Waals surface area (Å²) in [4.78, 5) is 0. The average Bonchev–Trinajstić information content (AvgIpc) is 2.10. The molecular weight excluding hydrogens is 200 g/mol. The van der Waals surface area contributed by atoms with Crippen LogP contribution in [0.5, 0.6) is 0 Å². The lowest BCUT2D eigenvalue weighted by atomic mass is 9.98. The maximum atomic E-state index is 2.40. The van der Waals surface area contributed by atoms with Gasteiger partial charge in [0.2, 0.25) is 0 Å². The Bertz CT molecular complexity index is 312. The van der Waals surface area contributed by atoms with Crippen LogP contribution in [-0.4, -0.2) is 11.5 Å². The summed E-state index contributed by atoms with van der Waals surface area (Å²) in [6.07, 6.45) is 4.73. The minimum atomic E-state index is 0.654. The molecule has 0 radical (unpaired) electrons. The second-order valence-electron chi connectivity index (χ2n) is 4.80. The van der Waals surface area contributed by atoms with Gasteiger partial charge in [0.25, 0.3) is 0 Å². The van der Waals surface area contributed by atoms with E-state index in [4.69, 9.17) is 0 Å². The minimum Gasteiger partial charge on any atom is -0.152 e. The SMILES string of the molecule is CC(C)=CC1=C(C)/C(=C/C(C)C)CSC1. The number of hydrogen-bond acceptors (Lipinski definition) is 1. The van der Waals surface area contributed by atoms with Crippen molar-refractivity contribution in [3.63, 3.8) is 0 Å². The van der Waals surface area contributed by atoms with Crippen LogP contribution in [0, 0.1) is 5.92 Å². The Balaban J connectivity index is 3.00. The molecule has 0 amide bonds. The Morgan fingerprint density at radius 2 is 1.93 bits per heavy atom. The molecule has 1 aliphatic heterocycles. The molecular formula is C14H22S. The third-order valence-corrected chi connectivity index (χ3v) is 3.51. The summed E-state index contributed by atoms with van der Waals surface area (Å²) in [6, 6.07) is 0. The minimum absolute atomic E-state index is 0.654. The Kier molecular flexibility index (Phi) is 4.72. The zero-order valence-electron chi connectivity index (χ0n) is 10.6. The van der Waals surface area contributed by atoms with Crippen molar-refractivity contribution in [3.05, 3.63) is 34.4 Å². The molecule has 1 heterocycles. The monoisotopic (exact) mass is 222 g/mol. The molecule has 0 unspecified atom stereocenters. The van der Waals surface area contributed by atoms with E-state index >= 15 is 0 Å². The van der Waals surface area contributed by atoms with Gasteiger partial charge in [-0.15, -0.1) is 0 Å². The van der Waals surface area contributed by atoms with Crippen molar-refractivity contribution in [1.82, 2.24) is 0 Å². The molecule has 0 saturated heterocycles. The number of allylic oxidation sites excluding steroid dienone is 4. The van der Waals surface area contributed by atoms with Gasteiger partial charge in [-0.1, -0.05) is 31.6 Å². The summed E-state index contributed by atoms with van der Waals surface area (Å²) >= 11 is 2.03. The molecule has 0 spiro atoms. The highest BCUT2D eigenvalue weighted by Crippen LogP contribution is 2.30. The highest BCUT2D eigenvalue weighted by Gasteiger charge is 2.12. The molecule has 1 rings (SSSR count). The number of thioether (sulfide) groups is 1. The zero-order valence-corrected chi connectivity index (χ0v) is 11.4. The maximum Gasteiger partial charge on any atom is 0.0190 e. The van der Waals surface area contributed by atoms with E-state index in [0.29, 0.717) is 5.92 Å². The van der Waals surface area contributed by atoms with Crippen LogP contribution in [0.4, 0.5) is 0 Å². The topological polar surface area (TPSA) is 0 Å². The van der Waals surface area contributed by atoms with Crippen LogP contribution in [0.1, 0.15) is 34.6 Å². The second kappa shape index (κ2) is 5.60. The lowest BCUT2D eigenvalue weighted by molar-refractivity contribution is 0.822. The predicted octanol–water partition coefficient (Wildman–Crippen LogP) is 4.60. The smallest absolute Gasteiger partial charge is 0.0190 e. The van der Waals surface area contributed by atoms with Crippen LogP contribution < -0.4 is 0 Å². The fraction of sp³-hybridized carbons (Fsp3) is 0.571. The van der Waals surface area contributed by atoms with E-state index < -0.39 is 0 Å². The van der Waals surface area contributed by atoms with Gasteiger partial charge < -0.3 is 0 Å². The second-order valence-corrected chi connectivity index (χ2v) is 5.79. The molecule has 0 nitrogen and oxygen atoms in total. The highest BCUT2D eigenvalue weighted by molar-refractivity contribution is 7.99. The van der Waals surface area contributed by atoms with Gasteiger partial charge in [0.05, 0.1) is 0 Å². The molecule has 0 bridgehead atoms. The molecule has 1 aliphatic rings. The summed E-state index contributed by atoms with van der Waals surface area (Å²) in [5, 5.41) is 0. The predicted molar refractivity (Wildman–Crippen MR) is 72.4 cm³/mol. The third-order valence-electron chi connectivity index (χ3n) is 2.48. The van der Waals surface area contributed by atoms with E-state index in [9.17, 15) is 0 Å². The van der Waals surface area contributed by atoms with Crippen LogP contribution in [0.15, 0.2) is 34.4 Å². The van der Waals surface area contributed by atoms with Crippen molar-refractivity contribution >= 4 is 11.8 Å². The molecule has 0 aromatic carbocycles. The van der Waals surface area contributed by atoms with Crippen molar-refractivity contribution in [2.45, 2.75) is 34.6 Å². The van der Waals surface area contributed by atoms with Crippen molar-refractivity contribution in [2.75, 3.05) is 11.5 Å². The lowest BCUT2D eigenvalue weighted by Crippen LogP contribution is -2.05. The van der Waals surface area contributed by atoms with E-state index in [1.54, 1.807) is 0 Å². The lowest BCUT2D eigenvalue weighted by Gasteiger charge is -2.19. The Hall–Kier alpha value is -0.430. The van der Waals surface area contributed by atoms with Crippen molar-refractivity contribution in [2.24, 2.45) is 5.92 Å². The summed E-state index contributed by atoms with van der Waals surface area (Å²) in [5.74, 6) is 3.01. The van der Waals surface area contributed by atoms with E-state index in [0.717, 1.165) is 0 Å². The molecule has 15 heavy (non-hydrogen) atoms. The average molecular weight is 222 g/mol. The molecule has 0 saturated carbocycles. The Labute approximate surface area is 98.5 Å². The number of hydrogen-bond donors (Lipinski definition) is 0. The summed E-state index contributed by atoms with van der Waals surface area (Å²) in [5.41, 5.74) is 5.95. The standard InChI is InChI=1S/C14H22S/c1-10(2)6-13-8-15-9-14(12(13)5)7-11(3)4/h6-7,10H,8-9H2,1-5H3/b13-6+. The van der Waals surface area contributed by atoms with E-state index in [2.05, 4.69) is 46.8 Å².